The molecule has 3 rings (SSSR count). The fourth-order valence-corrected chi connectivity index (χ4v) is 2.78. The van der Waals surface area contributed by atoms with Crippen LogP contribution >= 0.6 is 27.5 Å². The lowest BCUT2D eigenvalue weighted by atomic mass is 10.2. The summed E-state index contributed by atoms with van der Waals surface area (Å²) in [4.78, 5) is 12.1. The van der Waals surface area contributed by atoms with E-state index in [1.165, 1.54) is 12.3 Å². The number of carbonyl (C=O) groups excluding carboxylic acids is 1. The van der Waals surface area contributed by atoms with Crippen molar-refractivity contribution in [2.24, 2.45) is 15.3 Å². The molecule has 2 N–H and O–H groups in total. The van der Waals surface area contributed by atoms with Gasteiger partial charge in [0.15, 0.2) is 0 Å². The van der Waals surface area contributed by atoms with Gasteiger partial charge in [-0.1, -0.05) is 45.7 Å². The van der Waals surface area contributed by atoms with Crippen LogP contribution in [0, 0.1) is 0 Å². The first-order valence-electron chi connectivity index (χ1n) is 8.11. The van der Waals surface area contributed by atoms with Crippen LogP contribution < -0.4 is 5.43 Å². The van der Waals surface area contributed by atoms with E-state index in [9.17, 15) is 9.90 Å². The van der Waals surface area contributed by atoms with Gasteiger partial charge in [0.05, 0.1) is 16.9 Å². The maximum Gasteiger partial charge on any atom is 0.271 e. The number of nitrogens with one attached hydrogen (secondary N) is 1. The number of hydrazone groups is 1. The van der Waals surface area contributed by atoms with Crippen LogP contribution in [0.1, 0.15) is 15.9 Å². The zero-order chi connectivity index (χ0) is 19.9. The number of benzene rings is 3. The zero-order valence-corrected chi connectivity index (χ0v) is 16.7. The molecule has 0 fully saturated rings. The summed E-state index contributed by atoms with van der Waals surface area (Å²) in [6.07, 6.45) is 1.33. The summed E-state index contributed by atoms with van der Waals surface area (Å²) in [5, 5.41) is 22.6. The molecular formula is C20H14BrClN4O2. The van der Waals surface area contributed by atoms with Crippen LogP contribution in [0.25, 0.3) is 0 Å². The highest BCUT2D eigenvalue weighted by molar-refractivity contribution is 9.10. The van der Waals surface area contributed by atoms with E-state index in [1.807, 2.05) is 12.1 Å². The molecule has 140 valence electrons. The van der Waals surface area contributed by atoms with Crippen molar-refractivity contribution in [1.29, 1.82) is 0 Å². The van der Waals surface area contributed by atoms with E-state index in [0.717, 1.165) is 4.47 Å². The van der Waals surface area contributed by atoms with Crippen LogP contribution in [0.3, 0.4) is 0 Å². The minimum atomic E-state index is -0.369. The van der Waals surface area contributed by atoms with Crippen LogP contribution in [-0.4, -0.2) is 17.2 Å². The van der Waals surface area contributed by atoms with Crippen molar-refractivity contribution in [2.75, 3.05) is 0 Å². The molecule has 0 aliphatic rings. The molecule has 6 nitrogen and oxygen atoms in total. The van der Waals surface area contributed by atoms with Gasteiger partial charge in [-0.2, -0.15) is 10.2 Å². The molecule has 0 atom stereocenters. The van der Waals surface area contributed by atoms with Gasteiger partial charge < -0.3 is 5.11 Å². The van der Waals surface area contributed by atoms with Crippen molar-refractivity contribution in [3.05, 3.63) is 87.4 Å². The first-order valence-corrected chi connectivity index (χ1v) is 9.28. The third-order valence-corrected chi connectivity index (χ3v) is 4.41. The van der Waals surface area contributed by atoms with Crippen molar-refractivity contribution in [3.8, 4) is 5.75 Å². The van der Waals surface area contributed by atoms with E-state index in [2.05, 4.69) is 36.7 Å². The minimum absolute atomic E-state index is 0.00264. The lowest BCUT2D eigenvalue weighted by molar-refractivity contribution is 0.0955. The Labute approximate surface area is 174 Å². The van der Waals surface area contributed by atoms with Crippen molar-refractivity contribution in [3.63, 3.8) is 0 Å². The summed E-state index contributed by atoms with van der Waals surface area (Å²) in [5.74, 6) is -0.372. The molecule has 0 aliphatic heterocycles. The number of hydrogen-bond acceptors (Lipinski definition) is 5. The molecule has 0 bridgehead atoms. The molecule has 28 heavy (non-hydrogen) atoms. The Morgan fingerprint density at radius 3 is 2.64 bits per heavy atom. The van der Waals surface area contributed by atoms with E-state index in [0.29, 0.717) is 27.5 Å². The second kappa shape index (κ2) is 9.25. The molecule has 0 saturated carbocycles. The van der Waals surface area contributed by atoms with Gasteiger partial charge in [0.1, 0.15) is 11.4 Å². The monoisotopic (exact) mass is 456 g/mol. The third kappa shape index (κ3) is 5.25. The van der Waals surface area contributed by atoms with Crippen LogP contribution in [0.5, 0.6) is 5.75 Å². The number of carbonyl (C=O) groups is 1. The van der Waals surface area contributed by atoms with Crippen molar-refractivity contribution in [1.82, 2.24) is 5.43 Å². The Balaban J connectivity index is 1.72. The second-order valence-electron chi connectivity index (χ2n) is 5.60. The highest BCUT2D eigenvalue weighted by Gasteiger charge is 2.05. The Morgan fingerprint density at radius 1 is 1.04 bits per heavy atom. The molecule has 0 radical (unpaired) electrons. The van der Waals surface area contributed by atoms with Crippen LogP contribution in [0.15, 0.2) is 86.5 Å². The van der Waals surface area contributed by atoms with E-state index < -0.39 is 0 Å². The molecule has 1 amide bonds. The second-order valence-corrected chi connectivity index (χ2v) is 6.93. The highest BCUT2D eigenvalue weighted by Crippen LogP contribution is 2.27. The number of hydrogen-bond donors (Lipinski definition) is 2. The molecule has 0 heterocycles. The zero-order valence-electron chi connectivity index (χ0n) is 14.4. The smallest absolute Gasteiger partial charge is 0.271 e. The van der Waals surface area contributed by atoms with E-state index in [-0.39, 0.29) is 11.7 Å². The van der Waals surface area contributed by atoms with Gasteiger partial charge in [-0.3, -0.25) is 4.79 Å². The summed E-state index contributed by atoms with van der Waals surface area (Å²) in [6.45, 7) is 0. The molecule has 8 heteroatoms. The standard InChI is InChI=1S/C20H14BrClN4O2/c21-15-5-3-4-13(10-15)20(28)26-23-12-14-11-16(8-9-19(14)27)24-25-18-7-2-1-6-17(18)22/h1-12,27H,(H,26,28)/b23-12+,25-24?. The van der Waals surface area contributed by atoms with Crippen LogP contribution in [-0.2, 0) is 0 Å². The third-order valence-electron chi connectivity index (χ3n) is 3.59. The summed E-state index contributed by atoms with van der Waals surface area (Å²) in [5.41, 5.74) is 4.28. The average molecular weight is 458 g/mol. The first kappa shape index (κ1) is 19.7. The molecule has 3 aromatic rings. The Hall–Kier alpha value is -3.03. The van der Waals surface area contributed by atoms with Gasteiger partial charge in [-0.25, -0.2) is 5.43 Å². The fourth-order valence-electron chi connectivity index (χ4n) is 2.21. The van der Waals surface area contributed by atoms with Gasteiger partial charge in [0, 0.05) is 15.6 Å². The van der Waals surface area contributed by atoms with E-state index in [4.69, 9.17) is 11.6 Å². The minimum Gasteiger partial charge on any atom is -0.507 e. The number of amides is 1. The predicted octanol–water partition coefficient (Wildman–Crippen LogP) is 5.99. The number of halogens is 2. The van der Waals surface area contributed by atoms with Crippen molar-refractivity contribution < 1.29 is 9.90 Å². The van der Waals surface area contributed by atoms with Crippen molar-refractivity contribution in [2.45, 2.75) is 0 Å². The number of aromatic hydroxyl groups is 1. The topological polar surface area (TPSA) is 86.4 Å². The Morgan fingerprint density at radius 2 is 1.86 bits per heavy atom. The van der Waals surface area contributed by atoms with Crippen LogP contribution in [0.4, 0.5) is 11.4 Å². The molecule has 3 aromatic carbocycles. The normalized spacial score (nSPS) is 11.2. The lowest BCUT2D eigenvalue weighted by Crippen LogP contribution is -2.17. The Kier molecular flexibility index (Phi) is 6.52. The summed E-state index contributed by atoms with van der Waals surface area (Å²) >= 11 is 9.36. The number of nitrogens with zero attached hydrogens (tertiary/aromatic N) is 3. The number of phenolic OH excluding ortho intramolecular Hbond substituents is 1. The number of azo groups is 1. The largest absolute Gasteiger partial charge is 0.507 e. The SMILES string of the molecule is O=C(N/N=C/c1cc(N=Nc2ccccc2Cl)ccc1O)c1cccc(Br)c1. The van der Waals surface area contributed by atoms with Gasteiger partial charge >= 0.3 is 0 Å². The quantitative estimate of drug-likeness (QED) is 0.280. The van der Waals surface area contributed by atoms with E-state index in [1.54, 1.807) is 48.5 Å². The van der Waals surface area contributed by atoms with Crippen LogP contribution in [0.2, 0.25) is 5.02 Å². The number of rotatable bonds is 5. The molecule has 0 aliphatic carbocycles. The lowest BCUT2D eigenvalue weighted by Gasteiger charge is -2.02. The molecule has 0 spiro atoms. The maximum absolute atomic E-state index is 12.1. The molecule has 0 aromatic heterocycles. The summed E-state index contributed by atoms with van der Waals surface area (Å²) in [6, 6.07) is 18.7. The average Bonchev–Trinajstić information content (AvgIpc) is 2.69. The number of phenols is 1. The van der Waals surface area contributed by atoms with Gasteiger partial charge in [0.25, 0.3) is 5.91 Å². The maximum atomic E-state index is 12.1. The Bertz CT molecular complexity index is 1070. The summed E-state index contributed by atoms with van der Waals surface area (Å²) in [7, 11) is 0. The first-order chi connectivity index (χ1) is 13.5. The molecule has 0 unspecified atom stereocenters. The predicted molar refractivity (Wildman–Crippen MR) is 113 cm³/mol. The highest BCUT2D eigenvalue weighted by atomic mass is 79.9. The van der Waals surface area contributed by atoms with Gasteiger partial charge in [-0.15, -0.1) is 5.11 Å². The fraction of sp³-hybridized carbons (Fsp3) is 0. The molecule has 0 saturated heterocycles. The molecular weight excluding hydrogens is 444 g/mol. The van der Waals surface area contributed by atoms with Crippen molar-refractivity contribution >= 4 is 51.0 Å². The summed E-state index contributed by atoms with van der Waals surface area (Å²) < 4.78 is 0.790. The van der Waals surface area contributed by atoms with E-state index >= 15 is 0 Å². The van der Waals surface area contributed by atoms with Gasteiger partial charge in [-0.05, 0) is 48.5 Å². The van der Waals surface area contributed by atoms with Gasteiger partial charge in [0.2, 0.25) is 0 Å².